The lowest BCUT2D eigenvalue weighted by atomic mass is 9.96. The number of fused-ring (bicyclic) bond motifs is 6. The summed E-state index contributed by atoms with van der Waals surface area (Å²) in [5, 5.41) is 13.5. The van der Waals surface area contributed by atoms with Gasteiger partial charge >= 0.3 is 0 Å². The Balaban J connectivity index is 1.16. The molecule has 2 aromatic heterocycles. The molecule has 2 heterocycles. The van der Waals surface area contributed by atoms with Gasteiger partial charge in [-0.25, -0.2) is 4.99 Å². The van der Waals surface area contributed by atoms with Gasteiger partial charge in [-0.15, -0.1) is 0 Å². The van der Waals surface area contributed by atoms with Crippen molar-refractivity contribution in [1.29, 1.82) is 5.41 Å². The number of furan rings is 1. The molecule has 0 bridgehead atoms. The zero-order chi connectivity index (χ0) is 33.4. The lowest BCUT2D eigenvalue weighted by Crippen LogP contribution is -2.11. The minimum Gasteiger partial charge on any atom is -0.456 e. The number of aliphatic imine (C=N–C) groups is 2. The number of hydrogen-bond acceptors (Lipinski definition) is 2. The number of amidine groups is 1. The third kappa shape index (κ3) is 5.18. The maximum atomic E-state index is 9.30. The molecule has 50 heavy (non-hydrogen) atoms. The van der Waals surface area contributed by atoms with Crippen LogP contribution in [0.2, 0.25) is 0 Å². The molecule has 0 unspecified atom stereocenters. The van der Waals surface area contributed by atoms with Crippen LogP contribution in [0.1, 0.15) is 11.1 Å². The van der Waals surface area contributed by atoms with Crippen molar-refractivity contribution < 1.29 is 4.42 Å². The number of para-hydroxylation sites is 2. The van der Waals surface area contributed by atoms with Crippen LogP contribution >= 0.6 is 0 Å². The van der Waals surface area contributed by atoms with Crippen LogP contribution in [0.4, 0.5) is 0 Å². The second-order valence-electron chi connectivity index (χ2n) is 12.2. The molecule has 0 aliphatic heterocycles. The summed E-state index contributed by atoms with van der Waals surface area (Å²) in [4.78, 5) is 9.75. The van der Waals surface area contributed by atoms with E-state index in [9.17, 15) is 5.41 Å². The number of hydrogen-bond donors (Lipinski definition) is 1. The van der Waals surface area contributed by atoms with Crippen molar-refractivity contribution in [2.45, 2.75) is 0 Å². The molecule has 0 radical (unpaired) electrons. The molecule has 0 atom stereocenters. The first kappa shape index (κ1) is 29.3. The van der Waals surface area contributed by atoms with E-state index in [1.54, 1.807) is 6.21 Å². The number of aromatic nitrogens is 1. The average Bonchev–Trinajstić information content (AvgIpc) is 3.73. The fraction of sp³-hybridized carbons (Fsp3) is 0. The minimum absolute atomic E-state index is 0.0774. The quantitative estimate of drug-likeness (QED) is 0.151. The summed E-state index contributed by atoms with van der Waals surface area (Å²) in [6.07, 6.45) is 1.79. The smallest absolute Gasteiger partial charge is 0.229 e. The Morgan fingerprint density at radius 3 is 1.88 bits per heavy atom. The second-order valence-corrected chi connectivity index (χ2v) is 12.2. The molecule has 0 saturated carbocycles. The Morgan fingerprint density at radius 2 is 1.16 bits per heavy atom. The highest BCUT2D eigenvalue weighted by molar-refractivity contribution is 6.18. The zero-order valence-electron chi connectivity index (χ0n) is 27.0. The van der Waals surface area contributed by atoms with Crippen LogP contribution in [-0.2, 0) is 0 Å². The monoisotopic (exact) mass is 642 g/mol. The highest BCUT2D eigenvalue weighted by atomic mass is 16.3. The molecule has 0 aliphatic rings. The van der Waals surface area contributed by atoms with Gasteiger partial charge < -0.3 is 4.42 Å². The third-order valence-corrected chi connectivity index (χ3v) is 9.20. The lowest BCUT2D eigenvalue weighted by Gasteiger charge is -2.08. The fourth-order valence-electron chi connectivity index (χ4n) is 6.82. The standard InChI is InChI=1S/C45H30N4O/c46-45(49-39-19-9-7-16-36(39)37-17-8-10-20-40(37)49)48-44(47-29-30-12-3-1-4-13-30)34-26-27-38-42(28-34)50-41-21-11-18-35(43(38)41)33-24-22-32(23-25-33)31-14-5-2-6-15-31/h1-29,46H/b46-45?,47-29?,48-44-. The summed E-state index contributed by atoms with van der Waals surface area (Å²) >= 11 is 0. The molecule has 9 aromatic rings. The first-order valence-electron chi connectivity index (χ1n) is 16.6. The molecule has 5 heteroatoms. The number of nitrogens with zero attached hydrogens (tertiary/aromatic N) is 3. The Labute approximate surface area is 288 Å². The van der Waals surface area contributed by atoms with Crippen LogP contribution in [0.3, 0.4) is 0 Å². The molecule has 0 spiro atoms. The van der Waals surface area contributed by atoms with Gasteiger partial charge in [0.1, 0.15) is 11.2 Å². The molecule has 0 fully saturated rings. The summed E-state index contributed by atoms with van der Waals surface area (Å²) in [5.74, 6) is 0.494. The first-order valence-corrected chi connectivity index (χ1v) is 16.6. The second kappa shape index (κ2) is 12.3. The number of benzene rings is 7. The molecule has 1 N–H and O–H groups in total. The molecule has 0 amide bonds. The van der Waals surface area contributed by atoms with Crippen LogP contribution in [-0.4, -0.2) is 22.6 Å². The Hall–Kier alpha value is -6.85. The molecule has 5 nitrogen and oxygen atoms in total. The van der Waals surface area contributed by atoms with E-state index in [1.807, 2.05) is 102 Å². The molecular formula is C45H30N4O. The van der Waals surface area contributed by atoms with E-state index in [1.165, 1.54) is 11.1 Å². The fourth-order valence-corrected chi connectivity index (χ4v) is 6.82. The minimum atomic E-state index is 0.0774. The highest BCUT2D eigenvalue weighted by Crippen LogP contribution is 2.38. The topological polar surface area (TPSA) is 66.6 Å². The molecule has 236 valence electrons. The van der Waals surface area contributed by atoms with Gasteiger partial charge in [-0.05, 0) is 58.1 Å². The first-order chi connectivity index (χ1) is 24.7. The third-order valence-electron chi connectivity index (χ3n) is 9.20. The van der Waals surface area contributed by atoms with Crippen molar-refractivity contribution >= 4 is 61.8 Å². The largest absolute Gasteiger partial charge is 0.456 e. The summed E-state index contributed by atoms with van der Waals surface area (Å²) in [6, 6.07) is 57.6. The van der Waals surface area contributed by atoms with E-state index >= 15 is 0 Å². The summed E-state index contributed by atoms with van der Waals surface area (Å²) in [7, 11) is 0. The van der Waals surface area contributed by atoms with E-state index in [4.69, 9.17) is 14.4 Å². The maximum absolute atomic E-state index is 9.30. The van der Waals surface area contributed by atoms with Crippen LogP contribution in [0.5, 0.6) is 0 Å². The van der Waals surface area contributed by atoms with Gasteiger partial charge in [0.05, 0.1) is 11.0 Å². The van der Waals surface area contributed by atoms with Crippen LogP contribution in [0, 0.1) is 5.41 Å². The van der Waals surface area contributed by atoms with Crippen LogP contribution < -0.4 is 0 Å². The molecular weight excluding hydrogens is 613 g/mol. The number of nitrogens with one attached hydrogen (secondary N) is 1. The van der Waals surface area contributed by atoms with E-state index in [0.717, 1.165) is 66.0 Å². The Kier molecular flexibility index (Phi) is 7.21. The Bertz CT molecular complexity index is 2700. The van der Waals surface area contributed by atoms with E-state index in [2.05, 4.69) is 72.8 Å². The zero-order valence-corrected chi connectivity index (χ0v) is 27.0. The van der Waals surface area contributed by atoms with E-state index in [-0.39, 0.29) is 5.96 Å². The molecule has 9 rings (SSSR count). The lowest BCUT2D eigenvalue weighted by molar-refractivity contribution is 0.669. The SMILES string of the molecule is N=C(/N=C(\N=Cc1ccccc1)c1ccc2c(c1)oc1cccc(-c3ccc(-c4ccccc4)cc3)c12)n1c2ccccc2c2ccccc21. The predicted molar refractivity (Wildman–Crippen MR) is 208 cm³/mol. The van der Waals surface area contributed by atoms with Crippen molar-refractivity contribution in [1.82, 2.24) is 4.57 Å². The summed E-state index contributed by atoms with van der Waals surface area (Å²) in [5.41, 5.74) is 9.68. The van der Waals surface area contributed by atoms with Gasteiger partial charge in [0.25, 0.3) is 0 Å². The van der Waals surface area contributed by atoms with Gasteiger partial charge in [-0.1, -0.05) is 140 Å². The van der Waals surface area contributed by atoms with Gasteiger partial charge in [0, 0.05) is 33.3 Å². The van der Waals surface area contributed by atoms with Crippen molar-refractivity contribution in [3.63, 3.8) is 0 Å². The summed E-state index contributed by atoms with van der Waals surface area (Å²) in [6.45, 7) is 0. The Morgan fingerprint density at radius 1 is 0.540 bits per heavy atom. The van der Waals surface area contributed by atoms with Crippen LogP contribution in [0.25, 0.3) is 66.0 Å². The normalized spacial score (nSPS) is 12.1. The van der Waals surface area contributed by atoms with Crippen molar-refractivity contribution in [2.75, 3.05) is 0 Å². The van der Waals surface area contributed by atoms with Crippen molar-refractivity contribution in [3.05, 3.63) is 181 Å². The van der Waals surface area contributed by atoms with Crippen LogP contribution in [0.15, 0.2) is 184 Å². The van der Waals surface area contributed by atoms with Crippen molar-refractivity contribution in [3.8, 4) is 22.3 Å². The molecule has 0 aliphatic carbocycles. The van der Waals surface area contributed by atoms with Gasteiger partial charge in [0.2, 0.25) is 5.96 Å². The maximum Gasteiger partial charge on any atom is 0.229 e. The molecule has 0 saturated heterocycles. The van der Waals surface area contributed by atoms with Crippen molar-refractivity contribution in [2.24, 2.45) is 9.98 Å². The van der Waals surface area contributed by atoms with Gasteiger partial charge in [-0.3, -0.25) is 9.98 Å². The van der Waals surface area contributed by atoms with Gasteiger partial charge in [0.15, 0.2) is 5.84 Å². The van der Waals surface area contributed by atoms with E-state index in [0.29, 0.717) is 5.84 Å². The molecule has 7 aromatic carbocycles. The predicted octanol–water partition coefficient (Wildman–Crippen LogP) is 11.4. The summed E-state index contributed by atoms with van der Waals surface area (Å²) < 4.78 is 8.37. The highest BCUT2D eigenvalue weighted by Gasteiger charge is 2.17. The van der Waals surface area contributed by atoms with E-state index < -0.39 is 0 Å². The average molecular weight is 643 g/mol. The number of rotatable bonds is 4. The van der Waals surface area contributed by atoms with Gasteiger partial charge in [-0.2, -0.15) is 4.99 Å².